The van der Waals surface area contributed by atoms with Gasteiger partial charge in [-0.1, -0.05) is 30.3 Å². The topological polar surface area (TPSA) is 70.6 Å². The zero-order valence-electron chi connectivity index (χ0n) is 16.3. The minimum Gasteiger partial charge on any atom is -0.493 e. The summed E-state index contributed by atoms with van der Waals surface area (Å²) < 4.78 is 11.7. The first-order chi connectivity index (χ1) is 14.2. The quantitative estimate of drug-likeness (QED) is 0.542. The van der Waals surface area contributed by atoms with Gasteiger partial charge in [0.05, 0.1) is 29.6 Å². The number of anilines is 1. The highest BCUT2D eigenvalue weighted by Gasteiger charge is 2.24. The molecule has 1 aliphatic rings. The summed E-state index contributed by atoms with van der Waals surface area (Å²) >= 11 is 0. The van der Waals surface area contributed by atoms with Crippen LogP contribution in [0.2, 0.25) is 0 Å². The van der Waals surface area contributed by atoms with Crippen LogP contribution in [0.15, 0.2) is 54.7 Å². The number of pyridine rings is 1. The molecule has 4 aromatic rings. The number of rotatable bonds is 5. The van der Waals surface area contributed by atoms with E-state index < -0.39 is 0 Å². The van der Waals surface area contributed by atoms with Crippen LogP contribution in [0.4, 0.5) is 5.82 Å². The highest BCUT2D eigenvalue weighted by atomic mass is 16.5. The van der Waals surface area contributed by atoms with Crippen molar-refractivity contribution in [3.8, 4) is 11.5 Å². The molecule has 0 aliphatic carbocycles. The van der Waals surface area contributed by atoms with Crippen molar-refractivity contribution in [2.24, 2.45) is 0 Å². The number of aromatic amines is 1. The van der Waals surface area contributed by atoms with E-state index in [9.17, 15) is 5.11 Å². The second-order valence-corrected chi connectivity index (χ2v) is 7.39. The second kappa shape index (κ2) is 7.29. The van der Waals surface area contributed by atoms with Crippen LogP contribution in [0.3, 0.4) is 0 Å². The highest BCUT2D eigenvalue weighted by Crippen LogP contribution is 2.39. The maximum atomic E-state index is 9.95. The fourth-order valence-corrected chi connectivity index (χ4v) is 4.02. The number of hydrogen-bond donors (Lipinski definition) is 2. The Kier molecular flexibility index (Phi) is 4.48. The summed E-state index contributed by atoms with van der Waals surface area (Å²) in [5, 5.41) is 12.0. The van der Waals surface area contributed by atoms with E-state index in [0.717, 1.165) is 46.2 Å². The third-order valence-corrected chi connectivity index (χ3v) is 5.47. The van der Waals surface area contributed by atoms with Gasteiger partial charge in [0.15, 0.2) is 11.5 Å². The molecule has 29 heavy (non-hydrogen) atoms. The zero-order chi connectivity index (χ0) is 19.8. The Labute approximate surface area is 168 Å². The number of methoxy groups -OCH3 is 1. The number of nitrogens with one attached hydrogen (secondary N) is 1. The number of H-pyrrole nitrogens is 1. The van der Waals surface area contributed by atoms with Gasteiger partial charge in [-0.2, -0.15) is 0 Å². The monoisotopic (exact) mass is 389 g/mol. The lowest BCUT2D eigenvalue weighted by Crippen LogP contribution is -2.22. The average Bonchev–Trinajstić information content (AvgIpc) is 3.35. The van der Waals surface area contributed by atoms with Crippen LogP contribution in [0.1, 0.15) is 12.0 Å². The molecule has 0 saturated carbocycles. The first-order valence-corrected chi connectivity index (χ1v) is 9.81. The number of hydrogen-bond acceptors (Lipinski definition) is 5. The van der Waals surface area contributed by atoms with Crippen molar-refractivity contribution in [3.63, 3.8) is 0 Å². The second-order valence-electron chi connectivity index (χ2n) is 7.39. The van der Waals surface area contributed by atoms with E-state index in [4.69, 9.17) is 9.47 Å². The van der Waals surface area contributed by atoms with Gasteiger partial charge in [-0.3, -0.25) is 0 Å². The maximum Gasteiger partial charge on any atom is 0.163 e. The van der Waals surface area contributed by atoms with Crippen molar-refractivity contribution >= 4 is 27.6 Å². The Morgan fingerprint density at radius 2 is 2.00 bits per heavy atom. The fraction of sp³-hybridized carbons (Fsp3) is 0.261. The molecule has 2 aromatic carbocycles. The Hall–Kier alpha value is -3.25. The minimum atomic E-state index is -0.301. The molecule has 6 heteroatoms. The van der Waals surface area contributed by atoms with Gasteiger partial charge < -0.3 is 24.5 Å². The van der Waals surface area contributed by atoms with Crippen molar-refractivity contribution in [3.05, 3.63) is 60.3 Å². The molecular formula is C23H23N3O3. The molecule has 1 atom stereocenters. The number of β-amino-alcohol motifs (C(OH)–C–C–N with tert-alkyl or cyclic N) is 1. The Bertz CT molecular complexity index is 1160. The molecule has 1 unspecified atom stereocenters. The molecule has 0 bridgehead atoms. The lowest BCUT2D eigenvalue weighted by molar-refractivity contribution is 0.198. The van der Waals surface area contributed by atoms with Crippen LogP contribution in [0, 0.1) is 0 Å². The summed E-state index contributed by atoms with van der Waals surface area (Å²) in [7, 11) is 1.65. The van der Waals surface area contributed by atoms with Gasteiger partial charge in [-0.05, 0) is 24.1 Å². The number of aromatic nitrogens is 2. The zero-order valence-corrected chi connectivity index (χ0v) is 16.3. The largest absolute Gasteiger partial charge is 0.493 e. The standard InChI is InChI=1S/C23H23N3O3/c1-28-20-11-17-19(12-21(20)29-14-15-5-3-2-4-6-15)25-18-7-9-24-23(22(17)18)26-10-8-16(27)13-26/h2-7,9,11-12,16,25,27H,8,10,13-14H2,1H3. The van der Waals surface area contributed by atoms with Gasteiger partial charge in [0, 0.05) is 30.7 Å². The van der Waals surface area contributed by atoms with Crippen molar-refractivity contribution in [2.75, 3.05) is 25.1 Å². The van der Waals surface area contributed by atoms with Gasteiger partial charge in [0.2, 0.25) is 0 Å². The fourth-order valence-electron chi connectivity index (χ4n) is 4.02. The summed E-state index contributed by atoms with van der Waals surface area (Å²) in [5.41, 5.74) is 3.08. The van der Waals surface area contributed by atoms with Crippen molar-refractivity contribution in [2.45, 2.75) is 19.1 Å². The maximum absolute atomic E-state index is 9.95. The predicted molar refractivity (Wildman–Crippen MR) is 114 cm³/mol. The van der Waals surface area contributed by atoms with Crippen molar-refractivity contribution in [1.82, 2.24) is 9.97 Å². The van der Waals surface area contributed by atoms with E-state index >= 15 is 0 Å². The number of aliphatic hydroxyl groups excluding tert-OH is 1. The molecule has 1 aliphatic heterocycles. The van der Waals surface area contributed by atoms with Gasteiger partial charge in [0.1, 0.15) is 12.4 Å². The average molecular weight is 389 g/mol. The van der Waals surface area contributed by atoms with Crippen LogP contribution in [-0.2, 0) is 6.61 Å². The molecule has 2 aromatic heterocycles. The van der Waals surface area contributed by atoms with Crippen molar-refractivity contribution in [1.29, 1.82) is 0 Å². The summed E-state index contributed by atoms with van der Waals surface area (Å²) in [4.78, 5) is 10.2. The first kappa shape index (κ1) is 17.8. The van der Waals surface area contributed by atoms with E-state index in [1.807, 2.05) is 54.7 Å². The first-order valence-electron chi connectivity index (χ1n) is 9.81. The van der Waals surface area contributed by atoms with Crippen LogP contribution in [0.5, 0.6) is 11.5 Å². The SMILES string of the molecule is COc1cc2c(cc1OCc1ccccc1)[nH]c1ccnc(N3CCC(O)C3)c12. The lowest BCUT2D eigenvalue weighted by atomic mass is 10.1. The Balaban J connectivity index is 1.57. The van der Waals surface area contributed by atoms with Gasteiger partial charge in [0.25, 0.3) is 0 Å². The number of benzene rings is 2. The smallest absolute Gasteiger partial charge is 0.163 e. The number of aliphatic hydroxyl groups is 1. The predicted octanol–water partition coefficient (Wildman–Crippen LogP) is 3.87. The molecule has 3 heterocycles. The summed E-state index contributed by atoms with van der Waals surface area (Å²) in [6.07, 6.45) is 2.27. The van der Waals surface area contributed by atoms with Gasteiger partial charge in [-0.25, -0.2) is 4.98 Å². The molecule has 2 N–H and O–H groups in total. The van der Waals surface area contributed by atoms with Crippen LogP contribution >= 0.6 is 0 Å². The van der Waals surface area contributed by atoms with E-state index in [2.05, 4.69) is 14.9 Å². The molecule has 0 spiro atoms. The minimum absolute atomic E-state index is 0.301. The Morgan fingerprint density at radius 3 is 2.76 bits per heavy atom. The normalized spacial score (nSPS) is 16.6. The molecule has 148 valence electrons. The van der Waals surface area contributed by atoms with Crippen LogP contribution < -0.4 is 14.4 Å². The number of ether oxygens (including phenoxy) is 2. The summed E-state index contributed by atoms with van der Waals surface area (Å²) in [6.45, 7) is 1.88. The Morgan fingerprint density at radius 1 is 1.14 bits per heavy atom. The van der Waals surface area contributed by atoms with Crippen molar-refractivity contribution < 1.29 is 14.6 Å². The van der Waals surface area contributed by atoms with Crippen LogP contribution in [-0.4, -0.2) is 41.4 Å². The van der Waals surface area contributed by atoms with E-state index in [0.29, 0.717) is 24.7 Å². The van der Waals surface area contributed by atoms with Gasteiger partial charge >= 0.3 is 0 Å². The third-order valence-electron chi connectivity index (χ3n) is 5.47. The number of nitrogens with zero attached hydrogens (tertiary/aromatic N) is 2. The van der Waals surface area contributed by atoms with Gasteiger partial charge in [-0.15, -0.1) is 0 Å². The third kappa shape index (κ3) is 3.25. The molecular weight excluding hydrogens is 366 g/mol. The molecule has 1 saturated heterocycles. The van der Waals surface area contributed by atoms with E-state index in [1.54, 1.807) is 7.11 Å². The summed E-state index contributed by atoms with van der Waals surface area (Å²) in [5.74, 6) is 2.28. The molecule has 1 fully saturated rings. The molecule has 0 amide bonds. The summed E-state index contributed by atoms with van der Waals surface area (Å²) in [6, 6.07) is 16.0. The van der Waals surface area contributed by atoms with Crippen LogP contribution in [0.25, 0.3) is 21.8 Å². The molecule has 6 nitrogen and oxygen atoms in total. The lowest BCUT2D eigenvalue weighted by Gasteiger charge is -2.17. The molecule has 5 rings (SSSR count). The van der Waals surface area contributed by atoms with E-state index in [-0.39, 0.29) is 6.10 Å². The van der Waals surface area contributed by atoms with E-state index in [1.165, 1.54) is 0 Å². The highest BCUT2D eigenvalue weighted by molar-refractivity contribution is 6.13. The molecule has 0 radical (unpaired) electrons. The number of fused-ring (bicyclic) bond motifs is 3.